The van der Waals surface area contributed by atoms with Gasteiger partial charge in [0.25, 0.3) is 10.1 Å². The summed E-state index contributed by atoms with van der Waals surface area (Å²) in [5.74, 6) is -2.04. The summed E-state index contributed by atoms with van der Waals surface area (Å²) in [4.78, 5) is 71.2. The zero-order chi connectivity index (χ0) is 58.4. The van der Waals surface area contributed by atoms with Crippen LogP contribution >= 0.6 is 0 Å². The highest BCUT2D eigenvalue weighted by molar-refractivity contribution is 7.86. The van der Waals surface area contributed by atoms with Gasteiger partial charge in [0.05, 0.1) is 37.6 Å². The lowest BCUT2D eigenvalue weighted by Crippen LogP contribution is -2.49. The molecule has 2 unspecified atom stereocenters. The first-order chi connectivity index (χ1) is 39.3. The van der Waals surface area contributed by atoms with Crippen LogP contribution in [0.4, 0.5) is 21.0 Å². The van der Waals surface area contributed by atoms with Crippen molar-refractivity contribution < 1.29 is 50.8 Å². The van der Waals surface area contributed by atoms with Crippen molar-refractivity contribution in [1.29, 1.82) is 10.8 Å². The molecule has 0 spiro atoms. The number of esters is 1. The van der Waals surface area contributed by atoms with Crippen LogP contribution in [0.1, 0.15) is 72.4 Å². The number of cyclic esters (lactones) is 2. The lowest BCUT2D eigenvalue weighted by Gasteiger charge is -2.35. The van der Waals surface area contributed by atoms with Gasteiger partial charge in [0, 0.05) is 61.8 Å². The monoisotopic (exact) mass is 1130 g/mol. The summed E-state index contributed by atoms with van der Waals surface area (Å²) in [6, 6.07) is 51.3. The summed E-state index contributed by atoms with van der Waals surface area (Å²) in [6.45, 7) is 10.6. The molecular formula is C62H68N8O11S. The number of amides is 4. The fraction of sp³-hybridized carbons (Fsp3) is 0.306. The number of nitrogens with zero attached hydrogens (tertiary/aromatic N) is 4. The molecule has 4 N–H and O–H groups in total. The van der Waals surface area contributed by atoms with E-state index in [1.165, 1.54) is 4.90 Å². The molecule has 0 radical (unpaired) electrons. The Hall–Kier alpha value is -8.56. The average Bonchev–Trinajstić information content (AvgIpc) is 4.23. The average molecular weight is 1130 g/mol. The normalized spacial score (nSPS) is 16.7. The number of amidine groups is 2. The predicted molar refractivity (Wildman–Crippen MR) is 312 cm³/mol. The highest BCUT2D eigenvalue weighted by atomic mass is 32.2. The predicted octanol–water partition coefficient (Wildman–Crippen LogP) is 7.90. The second kappa shape index (κ2) is 27.3. The topological polar surface area (TPSA) is 241 Å². The van der Waals surface area contributed by atoms with Gasteiger partial charge < -0.3 is 29.7 Å². The Morgan fingerprint density at radius 1 is 0.573 bits per heavy atom. The molecule has 3 fully saturated rings. The van der Waals surface area contributed by atoms with Crippen LogP contribution in [0.25, 0.3) is 0 Å². The molecule has 20 heteroatoms. The number of anilines is 2. The molecule has 0 aliphatic carbocycles. The first-order valence-corrected chi connectivity index (χ1v) is 28.8. The number of ether oxygens (including phenoxy) is 3. The maximum absolute atomic E-state index is 13.4. The van der Waals surface area contributed by atoms with Crippen LogP contribution in [-0.2, 0) is 42.9 Å². The van der Waals surface area contributed by atoms with E-state index in [2.05, 4.69) is 20.4 Å². The van der Waals surface area contributed by atoms with E-state index >= 15 is 0 Å². The molecule has 3 aliphatic heterocycles. The molecule has 6 aromatic rings. The molecule has 428 valence electrons. The third-order valence-electron chi connectivity index (χ3n) is 13.7. The van der Waals surface area contributed by atoms with Crippen molar-refractivity contribution in [2.24, 2.45) is 0 Å². The first kappa shape index (κ1) is 59.6. The molecule has 3 heterocycles. The Labute approximate surface area is 478 Å². The SMILES string of the molecule is CC(C)(C)OC(=O)CCN1CCN(CC2CN(c3ccc(C(=N)NC(=O)C(c4ccccc4)c4ccccc4)cc3)C(=O)O2)CC1.CS(=O)(=O)OCC1CN(c2ccc(C(=N)NC(=O)C(c3ccccc3)c3ccccc3)cc2)C(=O)O1. The fourth-order valence-electron chi connectivity index (χ4n) is 9.70. The zero-order valence-corrected chi connectivity index (χ0v) is 47.1. The summed E-state index contributed by atoms with van der Waals surface area (Å²) in [5.41, 5.74) is 5.01. The van der Waals surface area contributed by atoms with Gasteiger partial charge in [-0.2, -0.15) is 8.42 Å². The Kier molecular flexibility index (Phi) is 19.8. The molecule has 0 saturated carbocycles. The lowest BCUT2D eigenvalue weighted by atomic mass is 9.90. The van der Waals surface area contributed by atoms with E-state index in [0.717, 1.165) is 54.7 Å². The van der Waals surface area contributed by atoms with Crippen molar-refractivity contribution in [3.8, 4) is 0 Å². The Morgan fingerprint density at radius 2 is 0.939 bits per heavy atom. The molecule has 82 heavy (non-hydrogen) atoms. The molecular weight excluding hydrogens is 1060 g/mol. The number of carbonyl (C=O) groups is 5. The van der Waals surface area contributed by atoms with Gasteiger partial charge in [-0.15, -0.1) is 0 Å². The third-order valence-corrected chi connectivity index (χ3v) is 14.2. The number of rotatable bonds is 18. The van der Waals surface area contributed by atoms with E-state index in [0.29, 0.717) is 48.6 Å². The molecule has 0 aromatic heterocycles. The van der Waals surface area contributed by atoms with Gasteiger partial charge in [0.15, 0.2) is 0 Å². The summed E-state index contributed by atoms with van der Waals surface area (Å²) in [7, 11) is -3.65. The van der Waals surface area contributed by atoms with Crippen molar-refractivity contribution >= 4 is 63.1 Å². The van der Waals surface area contributed by atoms with Gasteiger partial charge in [-0.1, -0.05) is 121 Å². The van der Waals surface area contributed by atoms with E-state index in [9.17, 15) is 32.4 Å². The summed E-state index contributed by atoms with van der Waals surface area (Å²) in [5, 5.41) is 22.5. The second-order valence-corrected chi connectivity index (χ2v) is 22.7. The molecule has 3 aliphatic rings. The minimum absolute atomic E-state index is 0.0134. The molecule has 0 bridgehead atoms. The zero-order valence-electron chi connectivity index (χ0n) is 46.2. The summed E-state index contributed by atoms with van der Waals surface area (Å²) in [6.07, 6.45) is -0.703. The number of nitrogens with one attached hydrogen (secondary N) is 4. The van der Waals surface area contributed by atoms with Crippen molar-refractivity contribution in [1.82, 2.24) is 20.4 Å². The largest absolute Gasteiger partial charge is 0.460 e. The van der Waals surface area contributed by atoms with E-state index in [1.807, 2.05) is 142 Å². The number of carbonyl (C=O) groups excluding carboxylic acids is 5. The molecule has 9 rings (SSSR count). The Bertz CT molecular complexity index is 3210. The molecule has 2 atom stereocenters. The smallest absolute Gasteiger partial charge is 0.414 e. The van der Waals surface area contributed by atoms with Gasteiger partial charge in [-0.05, 0) is 91.6 Å². The Balaban J connectivity index is 0.000000221. The van der Waals surface area contributed by atoms with Crippen molar-refractivity contribution in [3.05, 3.63) is 203 Å². The second-order valence-electron chi connectivity index (χ2n) is 21.0. The molecule has 19 nitrogen and oxygen atoms in total. The van der Waals surface area contributed by atoms with Crippen molar-refractivity contribution in [2.75, 3.05) is 75.0 Å². The fourth-order valence-corrected chi connectivity index (χ4v) is 10.1. The maximum Gasteiger partial charge on any atom is 0.414 e. The van der Waals surface area contributed by atoms with Gasteiger partial charge in [-0.3, -0.25) is 44.1 Å². The number of piperazine rings is 1. The van der Waals surface area contributed by atoms with E-state index in [4.69, 9.17) is 29.2 Å². The van der Waals surface area contributed by atoms with Crippen LogP contribution < -0.4 is 20.4 Å². The maximum atomic E-state index is 13.4. The van der Waals surface area contributed by atoms with E-state index in [1.54, 1.807) is 53.4 Å². The van der Waals surface area contributed by atoms with E-state index in [-0.39, 0.29) is 48.7 Å². The highest BCUT2D eigenvalue weighted by Gasteiger charge is 2.36. The number of benzene rings is 6. The summed E-state index contributed by atoms with van der Waals surface area (Å²) < 4.78 is 43.3. The minimum Gasteiger partial charge on any atom is -0.460 e. The summed E-state index contributed by atoms with van der Waals surface area (Å²) >= 11 is 0. The van der Waals surface area contributed by atoms with E-state index < -0.39 is 45.8 Å². The number of hydrogen-bond acceptors (Lipinski definition) is 15. The standard InChI is InChI=1S/C36H43N5O5.C26H25N3O6S/c1-36(2,3)46-31(42)18-19-39-20-22-40(23-21-39)24-30-25-41(35(44)45-30)29-16-14-28(15-17-29)33(37)38-34(43)32(26-10-6-4-7-11-26)27-12-8-5-9-13-27;1-36(32,33)34-17-22-16-29(26(31)35-22)21-14-12-20(13-15-21)24(27)28-25(30)23(18-8-4-2-5-9-18)19-10-6-3-7-11-19/h4-17,30,32H,18-25H2,1-3H3,(H2,37,38,43);2-15,22-23H,16-17H2,1H3,(H2,27,28,30). The molecule has 3 saturated heterocycles. The van der Waals surface area contributed by atoms with Crippen LogP contribution in [0.3, 0.4) is 0 Å². The van der Waals surface area contributed by atoms with Gasteiger partial charge >= 0.3 is 18.2 Å². The molecule has 6 aromatic carbocycles. The quantitative estimate of drug-likeness (QED) is 0.0211. The Morgan fingerprint density at radius 3 is 1.32 bits per heavy atom. The molecule has 4 amide bonds. The van der Waals surface area contributed by atoms with Crippen LogP contribution in [0.5, 0.6) is 0 Å². The van der Waals surface area contributed by atoms with Crippen LogP contribution in [0, 0.1) is 10.8 Å². The third kappa shape index (κ3) is 16.8. The van der Waals surface area contributed by atoms with Crippen LogP contribution in [0.15, 0.2) is 170 Å². The van der Waals surface area contributed by atoms with Gasteiger partial charge in [0.2, 0.25) is 11.8 Å². The van der Waals surface area contributed by atoms with Crippen LogP contribution in [-0.4, -0.2) is 143 Å². The first-order valence-electron chi connectivity index (χ1n) is 26.9. The van der Waals surface area contributed by atoms with Crippen LogP contribution in [0.2, 0.25) is 0 Å². The lowest BCUT2D eigenvalue weighted by molar-refractivity contribution is -0.155. The van der Waals surface area contributed by atoms with Crippen molar-refractivity contribution in [3.63, 3.8) is 0 Å². The van der Waals surface area contributed by atoms with Gasteiger partial charge in [-0.25, -0.2) is 9.59 Å². The van der Waals surface area contributed by atoms with Crippen molar-refractivity contribution in [2.45, 2.75) is 56.8 Å². The minimum atomic E-state index is -3.65. The highest BCUT2D eigenvalue weighted by Crippen LogP contribution is 2.29. The number of hydrogen-bond donors (Lipinski definition) is 4. The van der Waals surface area contributed by atoms with Gasteiger partial charge in [0.1, 0.15) is 36.1 Å².